The molecule has 2 atom stereocenters. The molecule has 74 valence electrons. The lowest BCUT2D eigenvalue weighted by Gasteiger charge is -2.03. The zero-order valence-corrected chi connectivity index (χ0v) is 9.37. The second kappa shape index (κ2) is 3.00. The maximum absolute atomic E-state index is 5.83. The van der Waals surface area contributed by atoms with Gasteiger partial charge in [0.15, 0.2) is 0 Å². The number of rotatable bonds is 2. The van der Waals surface area contributed by atoms with E-state index in [2.05, 4.69) is 25.9 Å². The minimum Gasteiger partial charge on any atom is -0.327 e. The van der Waals surface area contributed by atoms with Crippen molar-refractivity contribution in [3.05, 3.63) is 22.2 Å². The Bertz CT molecular complexity index is 376. The summed E-state index contributed by atoms with van der Waals surface area (Å²) in [6.45, 7) is 0. The van der Waals surface area contributed by atoms with Crippen LogP contribution in [-0.2, 0) is 0 Å². The summed E-state index contributed by atoms with van der Waals surface area (Å²) in [5.74, 6) is 2.10. The second-order valence-electron chi connectivity index (χ2n) is 4.24. The van der Waals surface area contributed by atoms with Gasteiger partial charge >= 0.3 is 0 Å². The smallest absolute Gasteiger partial charge is 0.131 e. The molecule has 2 fully saturated rings. The Morgan fingerprint density at radius 1 is 1.43 bits per heavy atom. The minimum absolute atomic E-state index is 0.313. The SMILES string of the molecule is N[C@@H]1C[C@H]1c1nc(C2CC2)ncc1Br. The predicted molar refractivity (Wildman–Crippen MR) is 57.0 cm³/mol. The van der Waals surface area contributed by atoms with Crippen molar-refractivity contribution in [1.29, 1.82) is 0 Å². The van der Waals surface area contributed by atoms with Gasteiger partial charge in [0.2, 0.25) is 0 Å². The van der Waals surface area contributed by atoms with Gasteiger partial charge in [-0.25, -0.2) is 9.97 Å². The second-order valence-corrected chi connectivity index (χ2v) is 5.10. The molecule has 1 aromatic rings. The van der Waals surface area contributed by atoms with Crippen LogP contribution in [0.4, 0.5) is 0 Å². The lowest BCUT2D eigenvalue weighted by atomic mass is 10.2. The van der Waals surface area contributed by atoms with E-state index in [-0.39, 0.29) is 0 Å². The molecular weight excluding hydrogens is 242 g/mol. The van der Waals surface area contributed by atoms with Gasteiger partial charge in [-0.1, -0.05) is 0 Å². The van der Waals surface area contributed by atoms with Gasteiger partial charge in [-0.2, -0.15) is 0 Å². The molecule has 3 rings (SSSR count). The molecule has 0 aromatic carbocycles. The molecule has 0 amide bonds. The summed E-state index contributed by atoms with van der Waals surface area (Å²) >= 11 is 3.49. The number of aromatic nitrogens is 2. The number of halogens is 1. The zero-order chi connectivity index (χ0) is 9.71. The van der Waals surface area contributed by atoms with Gasteiger partial charge in [-0.15, -0.1) is 0 Å². The van der Waals surface area contributed by atoms with Crippen LogP contribution >= 0.6 is 15.9 Å². The van der Waals surface area contributed by atoms with E-state index in [9.17, 15) is 0 Å². The fraction of sp³-hybridized carbons (Fsp3) is 0.600. The molecule has 14 heavy (non-hydrogen) atoms. The van der Waals surface area contributed by atoms with Crippen LogP contribution in [0.15, 0.2) is 10.7 Å². The standard InChI is InChI=1S/C10H12BrN3/c11-7-4-13-10(5-1-2-5)14-9(7)6-3-8(6)12/h4-6,8H,1-3,12H2/t6-,8-/m1/s1. The summed E-state index contributed by atoms with van der Waals surface area (Å²) in [5.41, 5.74) is 6.95. The highest BCUT2D eigenvalue weighted by Crippen LogP contribution is 2.43. The Morgan fingerprint density at radius 3 is 2.71 bits per heavy atom. The van der Waals surface area contributed by atoms with E-state index in [1.807, 2.05) is 6.20 Å². The van der Waals surface area contributed by atoms with Crippen LogP contribution < -0.4 is 5.73 Å². The van der Waals surface area contributed by atoms with Gasteiger partial charge in [0.25, 0.3) is 0 Å². The van der Waals surface area contributed by atoms with Crippen molar-refractivity contribution in [2.45, 2.75) is 37.1 Å². The van der Waals surface area contributed by atoms with Gasteiger partial charge in [0.05, 0.1) is 10.2 Å². The van der Waals surface area contributed by atoms with Crippen molar-refractivity contribution < 1.29 is 0 Å². The number of hydrogen-bond donors (Lipinski definition) is 1. The normalized spacial score (nSPS) is 30.4. The average molecular weight is 254 g/mol. The highest BCUT2D eigenvalue weighted by atomic mass is 79.9. The molecule has 0 bridgehead atoms. The highest BCUT2D eigenvalue weighted by Gasteiger charge is 2.38. The lowest BCUT2D eigenvalue weighted by molar-refractivity contribution is 0.848. The maximum Gasteiger partial charge on any atom is 0.131 e. The summed E-state index contributed by atoms with van der Waals surface area (Å²) in [7, 11) is 0. The van der Waals surface area contributed by atoms with Crippen molar-refractivity contribution in [2.24, 2.45) is 5.73 Å². The topological polar surface area (TPSA) is 51.8 Å². The third-order valence-corrected chi connectivity index (χ3v) is 3.53. The molecule has 2 aliphatic carbocycles. The average Bonchev–Trinajstić information content (AvgIpc) is 3.01. The minimum atomic E-state index is 0.313. The first-order chi connectivity index (χ1) is 6.75. The van der Waals surface area contributed by atoms with Crippen molar-refractivity contribution in [3.8, 4) is 0 Å². The first-order valence-electron chi connectivity index (χ1n) is 5.03. The summed E-state index contributed by atoms with van der Waals surface area (Å²) in [6.07, 6.45) is 5.44. The van der Waals surface area contributed by atoms with E-state index < -0.39 is 0 Å². The number of nitrogens with zero attached hydrogens (tertiary/aromatic N) is 2. The van der Waals surface area contributed by atoms with Crippen LogP contribution in [0.25, 0.3) is 0 Å². The molecule has 0 unspecified atom stereocenters. The van der Waals surface area contributed by atoms with Crippen molar-refractivity contribution >= 4 is 15.9 Å². The first kappa shape index (κ1) is 8.80. The van der Waals surface area contributed by atoms with E-state index >= 15 is 0 Å². The van der Waals surface area contributed by atoms with E-state index in [0.717, 1.165) is 22.4 Å². The third-order valence-electron chi connectivity index (χ3n) is 2.92. The van der Waals surface area contributed by atoms with Crippen LogP contribution in [0.3, 0.4) is 0 Å². The molecule has 0 saturated heterocycles. The van der Waals surface area contributed by atoms with E-state index in [0.29, 0.717) is 17.9 Å². The Kier molecular flexibility index (Phi) is 1.89. The van der Waals surface area contributed by atoms with Crippen LogP contribution in [0.1, 0.15) is 42.6 Å². The number of nitrogens with two attached hydrogens (primary N) is 1. The Hall–Kier alpha value is -0.480. The van der Waals surface area contributed by atoms with Gasteiger partial charge in [-0.3, -0.25) is 0 Å². The molecule has 4 heteroatoms. The van der Waals surface area contributed by atoms with Crippen molar-refractivity contribution in [3.63, 3.8) is 0 Å². The van der Waals surface area contributed by atoms with Crippen LogP contribution in [0.5, 0.6) is 0 Å². The van der Waals surface area contributed by atoms with E-state index in [1.54, 1.807) is 0 Å². The largest absolute Gasteiger partial charge is 0.327 e. The molecule has 1 heterocycles. The quantitative estimate of drug-likeness (QED) is 0.877. The fourth-order valence-electron chi connectivity index (χ4n) is 1.72. The van der Waals surface area contributed by atoms with Crippen molar-refractivity contribution in [1.82, 2.24) is 9.97 Å². The molecule has 2 saturated carbocycles. The summed E-state index contributed by atoms with van der Waals surface area (Å²) < 4.78 is 1.01. The molecule has 0 aliphatic heterocycles. The molecular formula is C10H12BrN3. The summed E-state index contributed by atoms with van der Waals surface area (Å²) in [4.78, 5) is 8.95. The predicted octanol–water partition coefficient (Wildman–Crippen LogP) is 1.93. The highest BCUT2D eigenvalue weighted by molar-refractivity contribution is 9.10. The molecule has 0 spiro atoms. The molecule has 2 N–H and O–H groups in total. The van der Waals surface area contributed by atoms with E-state index in [4.69, 9.17) is 5.73 Å². The number of hydrogen-bond acceptors (Lipinski definition) is 3. The van der Waals surface area contributed by atoms with Gasteiger partial charge in [0, 0.05) is 24.1 Å². The summed E-state index contributed by atoms with van der Waals surface area (Å²) in [6, 6.07) is 0.313. The van der Waals surface area contributed by atoms with Crippen LogP contribution in [-0.4, -0.2) is 16.0 Å². The Morgan fingerprint density at radius 2 is 2.14 bits per heavy atom. The Balaban J connectivity index is 1.95. The Labute approximate surface area is 91.3 Å². The maximum atomic E-state index is 5.83. The zero-order valence-electron chi connectivity index (χ0n) is 7.78. The van der Waals surface area contributed by atoms with Crippen molar-refractivity contribution in [2.75, 3.05) is 0 Å². The molecule has 0 radical (unpaired) electrons. The molecule has 3 nitrogen and oxygen atoms in total. The monoisotopic (exact) mass is 253 g/mol. The molecule has 2 aliphatic rings. The lowest BCUT2D eigenvalue weighted by Crippen LogP contribution is -2.05. The van der Waals surface area contributed by atoms with E-state index in [1.165, 1.54) is 12.8 Å². The summed E-state index contributed by atoms with van der Waals surface area (Å²) in [5, 5.41) is 0. The van der Waals surface area contributed by atoms with Gasteiger partial charge in [-0.05, 0) is 35.2 Å². The van der Waals surface area contributed by atoms with Gasteiger partial charge < -0.3 is 5.73 Å². The third kappa shape index (κ3) is 1.46. The van der Waals surface area contributed by atoms with Crippen LogP contribution in [0.2, 0.25) is 0 Å². The molecule has 1 aromatic heterocycles. The van der Waals surface area contributed by atoms with Crippen LogP contribution in [0, 0.1) is 0 Å². The first-order valence-corrected chi connectivity index (χ1v) is 5.83. The van der Waals surface area contributed by atoms with Gasteiger partial charge in [0.1, 0.15) is 5.82 Å². The fourth-order valence-corrected chi connectivity index (χ4v) is 2.21.